The van der Waals surface area contributed by atoms with E-state index in [9.17, 15) is 14.3 Å². The summed E-state index contributed by atoms with van der Waals surface area (Å²) in [5.74, 6) is -0.350. The number of phenolic OH excluding ortho intramolecular Hbond substituents is 1. The lowest BCUT2D eigenvalue weighted by Crippen LogP contribution is -2.28. The normalized spacial score (nSPS) is 13.4. The zero-order valence-corrected chi connectivity index (χ0v) is 11.1. The van der Waals surface area contributed by atoms with Crippen LogP contribution in [0.4, 0.5) is 10.1 Å². The number of hydrogen-bond acceptors (Lipinski definition) is 2. The Kier molecular flexibility index (Phi) is 2.93. The summed E-state index contributed by atoms with van der Waals surface area (Å²) in [5.41, 5.74) is 2.77. The summed E-state index contributed by atoms with van der Waals surface area (Å²) in [6.07, 6.45) is 0.735. The number of fused-ring (bicyclic) bond motifs is 1. The van der Waals surface area contributed by atoms with Gasteiger partial charge in [-0.15, -0.1) is 0 Å². The summed E-state index contributed by atoms with van der Waals surface area (Å²) < 4.78 is 13.3. The van der Waals surface area contributed by atoms with E-state index in [1.165, 1.54) is 18.2 Å². The van der Waals surface area contributed by atoms with Gasteiger partial charge < -0.3 is 10.0 Å². The van der Waals surface area contributed by atoms with Crippen LogP contribution in [-0.4, -0.2) is 17.6 Å². The number of halogens is 1. The molecule has 1 N–H and O–H groups in total. The van der Waals surface area contributed by atoms with Gasteiger partial charge in [0.2, 0.25) is 0 Å². The summed E-state index contributed by atoms with van der Waals surface area (Å²) in [6.45, 7) is 2.29. The fourth-order valence-corrected chi connectivity index (χ4v) is 2.51. The van der Waals surface area contributed by atoms with Crippen molar-refractivity contribution in [2.24, 2.45) is 0 Å². The second-order valence-electron chi connectivity index (χ2n) is 4.98. The number of benzene rings is 2. The number of nitrogens with zero attached hydrogens (tertiary/aromatic N) is 1. The Hall–Kier alpha value is -2.36. The number of hydrogen-bond donors (Lipinski definition) is 1. The van der Waals surface area contributed by atoms with Crippen molar-refractivity contribution in [1.82, 2.24) is 0 Å². The Balaban J connectivity index is 1.97. The fraction of sp³-hybridized carbons (Fsp3) is 0.188. The lowest BCUT2D eigenvalue weighted by molar-refractivity contribution is 0.0989. The highest BCUT2D eigenvalue weighted by atomic mass is 19.1. The summed E-state index contributed by atoms with van der Waals surface area (Å²) >= 11 is 0. The molecule has 3 nitrogen and oxygen atoms in total. The molecule has 0 saturated carbocycles. The van der Waals surface area contributed by atoms with Gasteiger partial charge in [0.05, 0.1) is 5.69 Å². The monoisotopic (exact) mass is 271 g/mol. The number of amides is 1. The van der Waals surface area contributed by atoms with Gasteiger partial charge in [0.1, 0.15) is 11.6 Å². The zero-order chi connectivity index (χ0) is 14.3. The van der Waals surface area contributed by atoms with Crippen molar-refractivity contribution in [1.29, 1.82) is 0 Å². The minimum absolute atomic E-state index is 0.161. The fourth-order valence-electron chi connectivity index (χ4n) is 2.51. The number of aryl methyl sites for hydroxylation is 1. The number of carbonyl (C=O) groups excluding carboxylic acids is 1. The molecular formula is C16H14FNO2. The van der Waals surface area contributed by atoms with E-state index in [4.69, 9.17) is 0 Å². The van der Waals surface area contributed by atoms with Crippen LogP contribution < -0.4 is 4.90 Å². The average molecular weight is 271 g/mol. The molecule has 20 heavy (non-hydrogen) atoms. The maximum Gasteiger partial charge on any atom is 0.258 e. The number of anilines is 1. The van der Waals surface area contributed by atoms with Crippen LogP contribution in [-0.2, 0) is 6.42 Å². The van der Waals surface area contributed by atoms with Gasteiger partial charge >= 0.3 is 0 Å². The summed E-state index contributed by atoms with van der Waals surface area (Å²) in [6, 6.07) is 9.27. The quantitative estimate of drug-likeness (QED) is 0.866. The SMILES string of the molecule is Cc1cc(C(=O)N2CCc3ccc(F)cc32)ccc1O. The molecule has 1 amide bonds. The lowest BCUT2D eigenvalue weighted by atomic mass is 10.1. The number of rotatable bonds is 1. The maximum atomic E-state index is 13.3. The van der Waals surface area contributed by atoms with Crippen molar-refractivity contribution in [3.63, 3.8) is 0 Å². The van der Waals surface area contributed by atoms with E-state index in [-0.39, 0.29) is 17.5 Å². The molecule has 0 saturated heterocycles. The van der Waals surface area contributed by atoms with Crippen LogP contribution in [0.1, 0.15) is 21.5 Å². The van der Waals surface area contributed by atoms with E-state index >= 15 is 0 Å². The first-order valence-electron chi connectivity index (χ1n) is 6.46. The highest BCUT2D eigenvalue weighted by molar-refractivity contribution is 6.07. The molecule has 0 unspecified atom stereocenters. The van der Waals surface area contributed by atoms with Crippen molar-refractivity contribution >= 4 is 11.6 Å². The molecule has 1 aliphatic rings. The van der Waals surface area contributed by atoms with Gasteiger partial charge in [-0.05, 0) is 54.8 Å². The Labute approximate surface area is 116 Å². The molecule has 0 bridgehead atoms. The van der Waals surface area contributed by atoms with Crippen LogP contribution in [0.15, 0.2) is 36.4 Å². The van der Waals surface area contributed by atoms with Crippen LogP contribution in [0.3, 0.4) is 0 Å². The molecule has 0 aliphatic carbocycles. The predicted octanol–water partition coefficient (Wildman–Crippen LogP) is 3.04. The molecule has 4 heteroatoms. The Morgan fingerprint density at radius 3 is 2.80 bits per heavy atom. The largest absolute Gasteiger partial charge is 0.508 e. The minimum atomic E-state index is -0.342. The summed E-state index contributed by atoms with van der Waals surface area (Å²) in [5, 5.41) is 9.51. The number of phenols is 1. The Morgan fingerprint density at radius 1 is 1.25 bits per heavy atom. The smallest absolute Gasteiger partial charge is 0.258 e. The second kappa shape index (κ2) is 4.63. The van der Waals surface area contributed by atoms with E-state index in [0.717, 1.165) is 12.0 Å². The Bertz CT molecular complexity index is 697. The van der Waals surface area contributed by atoms with Crippen molar-refractivity contribution in [3.8, 4) is 5.75 Å². The second-order valence-corrected chi connectivity index (χ2v) is 4.98. The number of carbonyl (C=O) groups is 1. The third-order valence-corrected chi connectivity index (χ3v) is 3.63. The molecule has 3 rings (SSSR count). The van der Waals surface area contributed by atoms with Crippen molar-refractivity contribution in [2.75, 3.05) is 11.4 Å². The molecule has 102 valence electrons. The highest BCUT2D eigenvalue weighted by Crippen LogP contribution is 2.30. The third kappa shape index (κ3) is 2.03. The van der Waals surface area contributed by atoms with Crippen molar-refractivity contribution < 1.29 is 14.3 Å². The molecule has 1 heterocycles. The molecule has 2 aromatic carbocycles. The molecule has 0 aromatic heterocycles. The van der Waals surface area contributed by atoms with Gasteiger partial charge in [-0.1, -0.05) is 6.07 Å². The zero-order valence-electron chi connectivity index (χ0n) is 11.1. The molecule has 0 atom stereocenters. The van der Waals surface area contributed by atoms with Crippen molar-refractivity contribution in [2.45, 2.75) is 13.3 Å². The van der Waals surface area contributed by atoms with E-state index < -0.39 is 0 Å². The molecule has 0 fully saturated rings. The topological polar surface area (TPSA) is 40.5 Å². The molecule has 0 radical (unpaired) electrons. The van der Waals surface area contributed by atoms with Gasteiger partial charge in [-0.3, -0.25) is 4.79 Å². The Morgan fingerprint density at radius 2 is 2.05 bits per heavy atom. The highest BCUT2D eigenvalue weighted by Gasteiger charge is 2.26. The van der Waals surface area contributed by atoms with Crippen LogP contribution in [0.5, 0.6) is 5.75 Å². The summed E-state index contributed by atoms with van der Waals surface area (Å²) in [4.78, 5) is 14.1. The first-order valence-corrected chi connectivity index (χ1v) is 6.46. The molecule has 0 spiro atoms. The molecular weight excluding hydrogens is 257 g/mol. The van der Waals surface area contributed by atoms with Gasteiger partial charge in [-0.25, -0.2) is 4.39 Å². The summed E-state index contributed by atoms with van der Waals surface area (Å²) in [7, 11) is 0. The van der Waals surface area contributed by atoms with E-state index in [1.807, 2.05) is 0 Å². The van der Waals surface area contributed by atoms with Gasteiger partial charge in [0, 0.05) is 12.1 Å². The van der Waals surface area contributed by atoms with Crippen LogP contribution in [0.2, 0.25) is 0 Å². The van der Waals surface area contributed by atoms with E-state index in [2.05, 4.69) is 0 Å². The lowest BCUT2D eigenvalue weighted by Gasteiger charge is -2.18. The standard InChI is InChI=1S/C16H14FNO2/c1-10-8-12(3-5-15(10)19)16(20)18-7-6-11-2-4-13(17)9-14(11)18/h2-5,8-9,19H,6-7H2,1H3. The van der Waals surface area contributed by atoms with Crippen molar-refractivity contribution in [3.05, 3.63) is 58.9 Å². The third-order valence-electron chi connectivity index (χ3n) is 3.63. The number of aromatic hydroxyl groups is 1. The maximum absolute atomic E-state index is 13.3. The molecule has 2 aromatic rings. The first kappa shape index (κ1) is 12.7. The van der Waals surface area contributed by atoms with E-state index in [0.29, 0.717) is 23.4 Å². The van der Waals surface area contributed by atoms with Crippen LogP contribution in [0.25, 0.3) is 0 Å². The van der Waals surface area contributed by atoms with Gasteiger partial charge in [0.15, 0.2) is 0 Å². The van der Waals surface area contributed by atoms with E-state index in [1.54, 1.807) is 30.0 Å². The van der Waals surface area contributed by atoms with Crippen LogP contribution in [0, 0.1) is 12.7 Å². The predicted molar refractivity (Wildman–Crippen MR) is 74.6 cm³/mol. The minimum Gasteiger partial charge on any atom is -0.508 e. The average Bonchev–Trinajstić information content (AvgIpc) is 2.84. The first-order chi connectivity index (χ1) is 9.56. The van der Waals surface area contributed by atoms with Crippen LogP contribution >= 0.6 is 0 Å². The van der Waals surface area contributed by atoms with Gasteiger partial charge in [-0.2, -0.15) is 0 Å². The molecule has 1 aliphatic heterocycles. The van der Waals surface area contributed by atoms with Gasteiger partial charge in [0.25, 0.3) is 5.91 Å².